The predicted molar refractivity (Wildman–Crippen MR) is 74.6 cm³/mol. The normalized spacial score (nSPS) is 38.0. The maximum atomic E-state index is 12.8. The van der Waals surface area contributed by atoms with Crippen molar-refractivity contribution in [3.8, 4) is 0 Å². The van der Waals surface area contributed by atoms with E-state index in [2.05, 4.69) is 10.2 Å². The molecule has 3 heteroatoms. The van der Waals surface area contributed by atoms with E-state index in [1.807, 2.05) is 0 Å². The maximum absolute atomic E-state index is 12.8. The van der Waals surface area contributed by atoms with Gasteiger partial charge in [0.1, 0.15) is 0 Å². The molecule has 0 aromatic heterocycles. The highest BCUT2D eigenvalue weighted by Gasteiger charge is 2.50. The predicted octanol–water partition coefficient (Wildman–Crippen LogP) is 2.02. The van der Waals surface area contributed by atoms with Gasteiger partial charge in [0, 0.05) is 18.5 Å². The summed E-state index contributed by atoms with van der Waals surface area (Å²) >= 11 is 0. The molecular weight excluding hydrogens is 236 g/mol. The van der Waals surface area contributed by atoms with E-state index in [1.54, 1.807) is 0 Å². The van der Waals surface area contributed by atoms with Crippen molar-refractivity contribution < 1.29 is 4.79 Å². The van der Waals surface area contributed by atoms with Crippen LogP contribution in [0.3, 0.4) is 0 Å². The summed E-state index contributed by atoms with van der Waals surface area (Å²) < 4.78 is 0. The molecule has 1 amide bonds. The second-order valence-corrected chi connectivity index (χ2v) is 7.34. The molecule has 3 aliphatic carbocycles. The van der Waals surface area contributed by atoms with Gasteiger partial charge in [-0.25, -0.2) is 0 Å². The van der Waals surface area contributed by atoms with Gasteiger partial charge in [0.2, 0.25) is 5.91 Å². The first-order chi connectivity index (χ1) is 9.31. The van der Waals surface area contributed by atoms with Crippen LogP contribution in [0.5, 0.6) is 0 Å². The number of carbonyl (C=O) groups is 1. The van der Waals surface area contributed by atoms with Crippen molar-refractivity contribution in [1.82, 2.24) is 10.2 Å². The first-order valence-corrected chi connectivity index (χ1v) is 8.32. The SMILES string of the molecule is O=C(C1CC2CC2C1)N(CC1CCNCC1)C1CC1. The number of carbonyl (C=O) groups excluding carboxylic acids is 1. The average Bonchev–Trinajstić information content (AvgIpc) is 3.37. The van der Waals surface area contributed by atoms with Gasteiger partial charge in [-0.2, -0.15) is 0 Å². The molecule has 0 spiro atoms. The summed E-state index contributed by atoms with van der Waals surface area (Å²) in [5.74, 6) is 3.52. The van der Waals surface area contributed by atoms with E-state index in [0.717, 1.165) is 37.4 Å². The van der Waals surface area contributed by atoms with E-state index < -0.39 is 0 Å². The summed E-state index contributed by atoms with van der Waals surface area (Å²) in [6.45, 7) is 3.34. The minimum atomic E-state index is 0.395. The smallest absolute Gasteiger partial charge is 0.225 e. The number of nitrogens with zero attached hydrogens (tertiary/aromatic N) is 1. The quantitative estimate of drug-likeness (QED) is 0.840. The van der Waals surface area contributed by atoms with Gasteiger partial charge < -0.3 is 10.2 Å². The van der Waals surface area contributed by atoms with Gasteiger partial charge in [-0.15, -0.1) is 0 Å². The lowest BCUT2D eigenvalue weighted by atomic mass is 9.95. The van der Waals surface area contributed by atoms with Crippen LogP contribution in [0.4, 0.5) is 0 Å². The molecule has 3 saturated carbocycles. The van der Waals surface area contributed by atoms with E-state index in [0.29, 0.717) is 17.9 Å². The second kappa shape index (κ2) is 4.76. The van der Waals surface area contributed by atoms with E-state index in [-0.39, 0.29) is 0 Å². The Labute approximate surface area is 116 Å². The van der Waals surface area contributed by atoms with Gasteiger partial charge in [-0.1, -0.05) is 0 Å². The van der Waals surface area contributed by atoms with Crippen LogP contribution in [0.1, 0.15) is 44.9 Å². The number of fused-ring (bicyclic) bond motifs is 1. The Kier molecular flexibility index (Phi) is 3.06. The number of amides is 1. The van der Waals surface area contributed by atoms with Gasteiger partial charge in [0.05, 0.1) is 0 Å². The van der Waals surface area contributed by atoms with Crippen molar-refractivity contribution in [2.24, 2.45) is 23.7 Å². The number of nitrogens with one attached hydrogen (secondary N) is 1. The molecular formula is C16H26N2O. The van der Waals surface area contributed by atoms with Gasteiger partial charge in [0.25, 0.3) is 0 Å². The monoisotopic (exact) mass is 262 g/mol. The molecule has 1 aliphatic heterocycles. The summed E-state index contributed by atoms with van der Waals surface area (Å²) in [5.41, 5.74) is 0. The molecule has 1 saturated heterocycles. The maximum Gasteiger partial charge on any atom is 0.225 e. The van der Waals surface area contributed by atoms with Crippen LogP contribution in [0, 0.1) is 23.7 Å². The van der Waals surface area contributed by atoms with E-state index in [4.69, 9.17) is 0 Å². The minimum absolute atomic E-state index is 0.395. The highest BCUT2D eigenvalue weighted by molar-refractivity contribution is 5.80. The molecule has 0 aromatic carbocycles. The van der Waals surface area contributed by atoms with Gasteiger partial charge in [-0.05, 0) is 75.8 Å². The Morgan fingerprint density at radius 1 is 1.00 bits per heavy atom. The van der Waals surface area contributed by atoms with Gasteiger partial charge in [0.15, 0.2) is 0 Å². The molecule has 0 aromatic rings. The second-order valence-electron chi connectivity index (χ2n) is 7.34. The third-order valence-corrected chi connectivity index (χ3v) is 5.78. The first-order valence-electron chi connectivity index (χ1n) is 8.32. The molecule has 1 heterocycles. The lowest BCUT2D eigenvalue weighted by Crippen LogP contribution is -2.43. The fourth-order valence-electron chi connectivity index (χ4n) is 4.30. The Hall–Kier alpha value is -0.570. The molecule has 19 heavy (non-hydrogen) atoms. The molecule has 2 atom stereocenters. The highest BCUT2D eigenvalue weighted by Crippen LogP contribution is 2.55. The summed E-state index contributed by atoms with van der Waals surface area (Å²) in [7, 11) is 0. The number of hydrogen-bond acceptors (Lipinski definition) is 2. The molecule has 0 bridgehead atoms. The standard InChI is InChI=1S/C16H26N2O/c19-16(14-8-12-7-13(12)9-14)18(15-1-2-15)10-11-3-5-17-6-4-11/h11-15,17H,1-10H2. The molecule has 106 valence electrons. The van der Waals surface area contributed by atoms with E-state index in [1.165, 1.54) is 44.9 Å². The Morgan fingerprint density at radius 3 is 2.32 bits per heavy atom. The Morgan fingerprint density at radius 2 is 1.68 bits per heavy atom. The summed E-state index contributed by atoms with van der Waals surface area (Å²) in [4.78, 5) is 15.1. The molecule has 4 rings (SSSR count). The fourth-order valence-corrected chi connectivity index (χ4v) is 4.30. The van der Waals surface area contributed by atoms with Crippen LogP contribution in [0.25, 0.3) is 0 Å². The Bertz CT molecular complexity index is 350. The third kappa shape index (κ3) is 2.54. The highest BCUT2D eigenvalue weighted by atomic mass is 16.2. The van der Waals surface area contributed by atoms with Crippen molar-refractivity contribution in [1.29, 1.82) is 0 Å². The Balaban J connectivity index is 1.38. The zero-order valence-corrected chi connectivity index (χ0v) is 11.8. The largest absolute Gasteiger partial charge is 0.339 e. The van der Waals surface area contributed by atoms with E-state index >= 15 is 0 Å². The molecule has 4 aliphatic rings. The number of piperidine rings is 1. The van der Waals surface area contributed by atoms with Gasteiger partial charge in [-0.3, -0.25) is 4.79 Å². The van der Waals surface area contributed by atoms with Crippen LogP contribution >= 0.6 is 0 Å². The van der Waals surface area contributed by atoms with Crippen molar-refractivity contribution >= 4 is 5.91 Å². The molecule has 0 radical (unpaired) electrons. The molecule has 1 N–H and O–H groups in total. The topological polar surface area (TPSA) is 32.3 Å². The lowest BCUT2D eigenvalue weighted by molar-refractivity contribution is -0.137. The fraction of sp³-hybridized carbons (Fsp3) is 0.938. The molecule has 3 nitrogen and oxygen atoms in total. The summed E-state index contributed by atoms with van der Waals surface area (Å²) in [6, 6.07) is 0.610. The molecule has 4 fully saturated rings. The molecule has 2 unspecified atom stereocenters. The number of hydrogen-bond donors (Lipinski definition) is 1. The van der Waals surface area contributed by atoms with Crippen molar-refractivity contribution in [3.63, 3.8) is 0 Å². The van der Waals surface area contributed by atoms with Crippen LogP contribution < -0.4 is 5.32 Å². The third-order valence-electron chi connectivity index (χ3n) is 5.78. The first kappa shape index (κ1) is 12.2. The van der Waals surface area contributed by atoms with Crippen LogP contribution in [-0.2, 0) is 4.79 Å². The van der Waals surface area contributed by atoms with E-state index in [9.17, 15) is 4.79 Å². The van der Waals surface area contributed by atoms with Crippen LogP contribution in [0.15, 0.2) is 0 Å². The minimum Gasteiger partial charge on any atom is -0.339 e. The average molecular weight is 262 g/mol. The lowest BCUT2D eigenvalue weighted by Gasteiger charge is -2.32. The van der Waals surface area contributed by atoms with Crippen LogP contribution in [-0.4, -0.2) is 36.5 Å². The zero-order valence-electron chi connectivity index (χ0n) is 11.8. The van der Waals surface area contributed by atoms with Crippen LogP contribution in [0.2, 0.25) is 0 Å². The van der Waals surface area contributed by atoms with Crippen molar-refractivity contribution in [3.05, 3.63) is 0 Å². The number of rotatable bonds is 4. The van der Waals surface area contributed by atoms with Crippen molar-refractivity contribution in [2.45, 2.75) is 51.0 Å². The summed E-state index contributed by atoms with van der Waals surface area (Å²) in [5, 5.41) is 3.43. The van der Waals surface area contributed by atoms with Crippen molar-refractivity contribution in [2.75, 3.05) is 19.6 Å². The van der Waals surface area contributed by atoms with Gasteiger partial charge >= 0.3 is 0 Å². The zero-order chi connectivity index (χ0) is 12.8. The summed E-state index contributed by atoms with van der Waals surface area (Å²) in [6.07, 6.45) is 8.87.